The van der Waals surface area contributed by atoms with Crippen LogP contribution in [0.3, 0.4) is 0 Å². The van der Waals surface area contributed by atoms with E-state index >= 15 is 0 Å². The summed E-state index contributed by atoms with van der Waals surface area (Å²) in [6.45, 7) is 3.26. The van der Waals surface area contributed by atoms with Crippen LogP contribution >= 0.6 is 11.3 Å². The van der Waals surface area contributed by atoms with Crippen LogP contribution in [-0.2, 0) is 19.6 Å². The van der Waals surface area contributed by atoms with Crippen LogP contribution in [0.1, 0.15) is 12.8 Å². The average Bonchev–Trinajstić information content (AvgIpc) is 3.36. The Morgan fingerprint density at radius 2 is 1.62 bits per heavy atom. The smallest absolute Gasteiger partial charge is 0.252 e. The maximum absolute atomic E-state index is 12.8. The molecule has 0 radical (unpaired) electrons. The lowest BCUT2D eigenvalue weighted by Gasteiger charge is -2.36. The molecule has 1 N–H and O–H groups in total. The maximum atomic E-state index is 12.8. The first-order chi connectivity index (χ1) is 15.4. The second-order valence-corrected chi connectivity index (χ2v) is 11.2. The first-order valence-electron chi connectivity index (χ1n) is 10.8. The number of piperazine rings is 1. The molecule has 0 aliphatic carbocycles. The quantitative estimate of drug-likeness (QED) is 0.688. The highest BCUT2D eigenvalue weighted by Gasteiger charge is 2.32. The van der Waals surface area contributed by atoms with Crippen molar-refractivity contribution in [3.63, 3.8) is 0 Å². The minimum atomic E-state index is -3.44. The third-order valence-electron chi connectivity index (χ3n) is 6.04. The van der Waals surface area contributed by atoms with Crippen LogP contribution < -0.4 is 5.32 Å². The lowest BCUT2D eigenvalue weighted by atomic mass is 9.95. The van der Waals surface area contributed by atoms with Gasteiger partial charge in [-0.3, -0.25) is 14.5 Å². The topological polar surface area (TPSA) is 90.0 Å². The number of hydrogen-bond donors (Lipinski definition) is 1. The first kappa shape index (κ1) is 22.9. The zero-order valence-corrected chi connectivity index (χ0v) is 19.5. The molecule has 8 nitrogen and oxygen atoms in total. The normalized spacial score (nSPS) is 19.1. The number of piperidine rings is 1. The van der Waals surface area contributed by atoms with E-state index in [-0.39, 0.29) is 24.3 Å². The highest BCUT2D eigenvalue weighted by atomic mass is 32.2. The largest absolute Gasteiger partial charge is 0.342 e. The molecule has 3 heterocycles. The van der Waals surface area contributed by atoms with Crippen LogP contribution in [0, 0.1) is 5.92 Å². The van der Waals surface area contributed by atoms with Crippen molar-refractivity contribution in [2.75, 3.05) is 51.1 Å². The molecule has 1 aromatic heterocycles. The van der Waals surface area contributed by atoms with Crippen molar-refractivity contribution in [2.45, 2.75) is 17.1 Å². The van der Waals surface area contributed by atoms with E-state index in [9.17, 15) is 18.0 Å². The van der Waals surface area contributed by atoms with E-state index in [0.717, 1.165) is 5.69 Å². The number of carbonyl (C=O) groups excluding carboxylic acids is 2. The summed E-state index contributed by atoms with van der Waals surface area (Å²) in [5, 5.41) is 4.70. The van der Waals surface area contributed by atoms with Crippen LogP contribution in [0.4, 0.5) is 5.69 Å². The number of nitrogens with zero attached hydrogens (tertiary/aromatic N) is 3. The summed E-state index contributed by atoms with van der Waals surface area (Å²) in [4.78, 5) is 29.1. The van der Waals surface area contributed by atoms with Gasteiger partial charge in [0.2, 0.25) is 11.8 Å². The summed E-state index contributed by atoms with van der Waals surface area (Å²) in [7, 11) is -3.44. The third kappa shape index (κ3) is 5.37. The van der Waals surface area contributed by atoms with Crippen molar-refractivity contribution in [1.82, 2.24) is 14.1 Å². The second-order valence-electron chi connectivity index (χ2n) is 8.12. The van der Waals surface area contributed by atoms with E-state index in [4.69, 9.17) is 0 Å². The number of nitrogens with one attached hydrogen (secondary N) is 1. The molecule has 32 heavy (non-hydrogen) atoms. The van der Waals surface area contributed by atoms with Crippen molar-refractivity contribution in [3.8, 4) is 0 Å². The Morgan fingerprint density at radius 1 is 0.938 bits per heavy atom. The van der Waals surface area contributed by atoms with Crippen LogP contribution in [0.25, 0.3) is 0 Å². The van der Waals surface area contributed by atoms with Gasteiger partial charge in [-0.25, -0.2) is 8.42 Å². The van der Waals surface area contributed by atoms with Gasteiger partial charge in [0.1, 0.15) is 4.21 Å². The summed E-state index contributed by atoms with van der Waals surface area (Å²) >= 11 is 1.22. The molecule has 2 aliphatic rings. The molecule has 2 saturated heterocycles. The summed E-state index contributed by atoms with van der Waals surface area (Å²) in [5.74, 6) is -0.0434. The fourth-order valence-corrected chi connectivity index (χ4v) is 6.68. The summed E-state index contributed by atoms with van der Waals surface area (Å²) in [6.07, 6.45) is 1.30. The molecule has 0 unspecified atom stereocenters. The molecule has 1 aromatic carbocycles. The number of hydrogen-bond acceptors (Lipinski definition) is 6. The molecule has 2 aliphatic heterocycles. The number of amides is 2. The Hall–Kier alpha value is -2.27. The minimum absolute atomic E-state index is 0.00590. The van der Waals surface area contributed by atoms with Gasteiger partial charge in [-0.1, -0.05) is 24.3 Å². The van der Waals surface area contributed by atoms with Crippen LogP contribution in [-0.4, -0.2) is 80.2 Å². The number of benzene rings is 1. The number of sulfonamides is 1. The molecular formula is C22H28N4O4S2. The van der Waals surface area contributed by atoms with Crippen molar-refractivity contribution in [1.29, 1.82) is 0 Å². The highest BCUT2D eigenvalue weighted by Crippen LogP contribution is 2.23. The average molecular weight is 477 g/mol. The van der Waals surface area contributed by atoms with Gasteiger partial charge in [0.15, 0.2) is 0 Å². The van der Waals surface area contributed by atoms with Gasteiger partial charge in [-0.15, -0.1) is 11.3 Å². The zero-order valence-electron chi connectivity index (χ0n) is 17.9. The maximum Gasteiger partial charge on any atom is 0.252 e. The zero-order chi connectivity index (χ0) is 22.6. The van der Waals surface area contributed by atoms with Gasteiger partial charge >= 0.3 is 0 Å². The van der Waals surface area contributed by atoms with Gasteiger partial charge < -0.3 is 10.2 Å². The number of likely N-dealkylation sites (tertiary alicyclic amines) is 1. The van der Waals surface area contributed by atoms with E-state index < -0.39 is 10.0 Å². The fourth-order valence-electron chi connectivity index (χ4n) is 4.11. The van der Waals surface area contributed by atoms with E-state index in [1.807, 2.05) is 40.1 Å². The molecule has 2 amide bonds. The summed E-state index contributed by atoms with van der Waals surface area (Å²) < 4.78 is 27.1. The Morgan fingerprint density at radius 3 is 2.25 bits per heavy atom. The van der Waals surface area contributed by atoms with E-state index in [0.29, 0.717) is 56.3 Å². The predicted molar refractivity (Wildman–Crippen MR) is 124 cm³/mol. The lowest BCUT2D eigenvalue weighted by Crippen LogP contribution is -2.52. The predicted octanol–water partition coefficient (Wildman–Crippen LogP) is 1.93. The van der Waals surface area contributed by atoms with E-state index in [2.05, 4.69) is 5.32 Å². The van der Waals surface area contributed by atoms with Crippen molar-refractivity contribution in [2.24, 2.45) is 5.92 Å². The van der Waals surface area contributed by atoms with Crippen LogP contribution in [0.5, 0.6) is 0 Å². The summed E-state index contributed by atoms with van der Waals surface area (Å²) in [6, 6.07) is 12.8. The Bertz CT molecular complexity index is 1010. The SMILES string of the molecule is O=C(Nc1ccccc1)C1CCN(C(=O)CN2CCN(S(=O)(=O)c3cccs3)CC2)CC1. The molecule has 172 valence electrons. The van der Waals surface area contributed by atoms with Crippen molar-refractivity contribution >= 4 is 38.9 Å². The molecule has 0 bridgehead atoms. The molecule has 0 spiro atoms. The number of rotatable bonds is 6. The van der Waals surface area contributed by atoms with Crippen molar-refractivity contribution < 1.29 is 18.0 Å². The van der Waals surface area contributed by atoms with Crippen LogP contribution in [0.15, 0.2) is 52.1 Å². The number of anilines is 1. The number of para-hydroxylation sites is 1. The van der Waals surface area contributed by atoms with Gasteiger partial charge in [0.25, 0.3) is 10.0 Å². The number of thiophene rings is 1. The van der Waals surface area contributed by atoms with Gasteiger partial charge in [-0.2, -0.15) is 4.31 Å². The highest BCUT2D eigenvalue weighted by molar-refractivity contribution is 7.91. The van der Waals surface area contributed by atoms with Gasteiger partial charge in [0, 0.05) is 50.9 Å². The van der Waals surface area contributed by atoms with E-state index in [1.165, 1.54) is 15.6 Å². The minimum Gasteiger partial charge on any atom is -0.342 e. The molecular weight excluding hydrogens is 448 g/mol. The summed E-state index contributed by atoms with van der Waals surface area (Å²) in [5.41, 5.74) is 0.788. The van der Waals surface area contributed by atoms with Gasteiger partial charge in [0.05, 0.1) is 6.54 Å². The fraction of sp³-hybridized carbons (Fsp3) is 0.455. The monoisotopic (exact) mass is 476 g/mol. The Labute approximate surface area is 192 Å². The van der Waals surface area contributed by atoms with E-state index in [1.54, 1.807) is 17.5 Å². The molecule has 10 heteroatoms. The first-order valence-corrected chi connectivity index (χ1v) is 13.1. The Kier molecular flexibility index (Phi) is 7.24. The molecule has 2 fully saturated rings. The molecule has 0 atom stereocenters. The third-order valence-corrected chi connectivity index (χ3v) is 9.31. The van der Waals surface area contributed by atoms with Gasteiger partial charge in [-0.05, 0) is 36.4 Å². The number of carbonyl (C=O) groups is 2. The molecule has 0 saturated carbocycles. The Balaban J connectivity index is 1.21. The molecule has 4 rings (SSSR count). The van der Waals surface area contributed by atoms with Crippen LogP contribution in [0.2, 0.25) is 0 Å². The lowest BCUT2D eigenvalue weighted by molar-refractivity contribution is -0.135. The standard InChI is InChI=1S/C22H28N4O4S2/c27-20(17-24-12-14-26(15-13-24)32(29,30)21-7-4-16-31-21)25-10-8-18(9-11-25)22(28)23-19-5-2-1-3-6-19/h1-7,16,18H,8-15,17H2,(H,23,28). The molecule has 2 aromatic rings. The van der Waals surface area contributed by atoms with Crippen molar-refractivity contribution in [3.05, 3.63) is 47.8 Å². The second kappa shape index (κ2) is 10.1.